The monoisotopic (exact) mass is 315 g/mol. The van der Waals surface area contributed by atoms with Gasteiger partial charge < -0.3 is 10.2 Å². The number of likely N-dealkylation sites (N-methyl/N-ethyl adjacent to an activating group) is 1. The number of hydrogen-bond donors (Lipinski definition) is 2. The molecule has 4 heteroatoms. The summed E-state index contributed by atoms with van der Waals surface area (Å²) in [6.45, 7) is 4.82. The lowest BCUT2D eigenvalue weighted by Crippen LogP contribution is -2.44. The van der Waals surface area contributed by atoms with Gasteiger partial charge in [-0.2, -0.15) is 0 Å². The molecule has 0 aliphatic carbocycles. The number of aliphatic hydroxyl groups is 2. The number of halogens is 1. The summed E-state index contributed by atoms with van der Waals surface area (Å²) in [7, 11) is 1.96. The summed E-state index contributed by atoms with van der Waals surface area (Å²) in [6.07, 6.45) is 0.191. The van der Waals surface area contributed by atoms with Crippen LogP contribution in [0.15, 0.2) is 28.7 Å². The van der Waals surface area contributed by atoms with Crippen molar-refractivity contribution in [2.45, 2.75) is 31.9 Å². The van der Waals surface area contributed by atoms with E-state index in [1.165, 1.54) is 0 Å². The molecule has 2 N–H and O–H groups in total. The SMILES string of the molecule is CN(CCC(O)c1ccc(Br)cc1)C(C)(C)CO. The van der Waals surface area contributed by atoms with Crippen molar-refractivity contribution in [3.8, 4) is 0 Å². The van der Waals surface area contributed by atoms with Crippen molar-refractivity contribution in [1.82, 2.24) is 4.90 Å². The molecular formula is C14H22BrNO2. The largest absolute Gasteiger partial charge is 0.394 e. The Morgan fingerprint density at radius 2 is 1.83 bits per heavy atom. The summed E-state index contributed by atoms with van der Waals surface area (Å²) in [6, 6.07) is 7.71. The van der Waals surface area contributed by atoms with Gasteiger partial charge in [0.25, 0.3) is 0 Å². The van der Waals surface area contributed by atoms with Gasteiger partial charge in [0.15, 0.2) is 0 Å². The molecule has 18 heavy (non-hydrogen) atoms. The Hall–Kier alpha value is -0.420. The Kier molecular flexibility index (Phi) is 5.79. The molecule has 1 rings (SSSR count). The minimum absolute atomic E-state index is 0.109. The first-order valence-electron chi connectivity index (χ1n) is 6.12. The molecule has 0 aliphatic rings. The minimum atomic E-state index is -0.463. The summed E-state index contributed by atoms with van der Waals surface area (Å²) in [4.78, 5) is 2.06. The van der Waals surface area contributed by atoms with Crippen molar-refractivity contribution in [3.05, 3.63) is 34.3 Å². The Bertz CT molecular complexity index is 365. The van der Waals surface area contributed by atoms with Gasteiger partial charge >= 0.3 is 0 Å². The van der Waals surface area contributed by atoms with Crippen LogP contribution >= 0.6 is 15.9 Å². The first-order valence-corrected chi connectivity index (χ1v) is 6.92. The van der Waals surface area contributed by atoms with Crippen molar-refractivity contribution >= 4 is 15.9 Å². The molecule has 0 saturated carbocycles. The topological polar surface area (TPSA) is 43.7 Å². The fraction of sp³-hybridized carbons (Fsp3) is 0.571. The summed E-state index contributed by atoms with van der Waals surface area (Å²) >= 11 is 3.37. The van der Waals surface area contributed by atoms with Crippen molar-refractivity contribution in [2.75, 3.05) is 20.2 Å². The highest BCUT2D eigenvalue weighted by molar-refractivity contribution is 9.10. The van der Waals surface area contributed by atoms with E-state index in [2.05, 4.69) is 20.8 Å². The number of aliphatic hydroxyl groups excluding tert-OH is 2. The van der Waals surface area contributed by atoms with Gasteiger partial charge in [-0.25, -0.2) is 0 Å². The lowest BCUT2D eigenvalue weighted by Gasteiger charge is -2.34. The molecule has 1 unspecified atom stereocenters. The number of benzene rings is 1. The summed E-state index contributed by atoms with van der Waals surface area (Å²) in [5, 5.41) is 19.4. The fourth-order valence-corrected chi connectivity index (χ4v) is 1.86. The van der Waals surface area contributed by atoms with Gasteiger partial charge in [0.1, 0.15) is 0 Å². The van der Waals surface area contributed by atoms with Crippen LogP contribution in [-0.2, 0) is 0 Å². The third kappa shape index (κ3) is 4.35. The zero-order chi connectivity index (χ0) is 13.8. The lowest BCUT2D eigenvalue weighted by molar-refractivity contribution is 0.0619. The highest BCUT2D eigenvalue weighted by atomic mass is 79.9. The number of hydrogen-bond acceptors (Lipinski definition) is 3. The van der Waals surface area contributed by atoms with Gasteiger partial charge in [-0.05, 0) is 45.0 Å². The number of rotatable bonds is 6. The van der Waals surface area contributed by atoms with Crippen LogP contribution in [0.2, 0.25) is 0 Å². The van der Waals surface area contributed by atoms with Crippen LogP contribution in [0.1, 0.15) is 31.9 Å². The Labute approximate surface area is 118 Å². The molecule has 0 heterocycles. The average Bonchev–Trinajstić information content (AvgIpc) is 2.36. The molecule has 0 bridgehead atoms. The average molecular weight is 316 g/mol. The third-order valence-electron chi connectivity index (χ3n) is 3.41. The van der Waals surface area contributed by atoms with Crippen molar-refractivity contribution in [3.63, 3.8) is 0 Å². The van der Waals surface area contributed by atoms with Crippen molar-refractivity contribution in [1.29, 1.82) is 0 Å². The predicted molar refractivity (Wildman–Crippen MR) is 77.5 cm³/mol. The maximum absolute atomic E-state index is 10.1. The van der Waals surface area contributed by atoms with E-state index in [0.29, 0.717) is 6.42 Å². The molecule has 1 aromatic rings. The van der Waals surface area contributed by atoms with Gasteiger partial charge in [-0.15, -0.1) is 0 Å². The van der Waals surface area contributed by atoms with E-state index in [1.54, 1.807) is 0 Å². The molecule has 0 aromatic heterocycles. The zero-order valence-corrected chi connectivity index (χ0v) is 12.8. The Morgan fingerprint density at radius 3 is 2.33 bits per heavy atom. The van der Waals surface area contributed by atoms with E-state index in [-0.39, 0.29) is 12.1 Å². The molecule has 3 nitrogen and oxygen atoms in total. The standard InChI is InChI=1S/C14H22BrNO2/c1-14(2,10-17)16(3)9-8-13(18)11-4-6-12(15)7-5-11/h4-7,13,17-18H,8-10H2,1-3H3. The van der Waals surface area contributed by atoms with Crippen LogP contribution < -0.4 is 0 Å². The van der Waals surface area contributed by atoms with Crippen molar-refractivity contribution in [2.24, 2.45) is 0 Å². The first-order chi connectivity index (χ1) is 8.36. The first kappa shape index (κ1) is 15.6. The zero-order valence-electron chi connectivity index (χ0n) is 11.2. The second kappa shape index (κ2) is 6.66. The summed E-state index contributed by atoms with van der Waals surface area (Å²) in [5.41, 5.74) is 0.674. The van der Waals surface area contributed by atoms with Gasteiger partial charge in [0.2, 0.25) is 0 Å². The quantitative estimate of drug-likeness (QED) is 0.848. The van der Waals surface area contributed by atoms with Crippen LogP contribution in [0.3, 0.4) is 0 Å². The molecule has 102 valence electrons. The van der Waals surface area contributed by atoms with Crippen LogP contribution in [0.25, 0.3) is 0 Å². The minimum Gasteiger partial charge on any atom is -0.394 e. The van der Waals surface area contributed by atoms with Crippen LogP contribution in [-0.4, -0.2) is 40.9 Å². The lowest BCUT2D eigenvalue weighted by atomic mass is 10.0. The smallest absolute Gasteiger partial charge is 0.0802 e. The van der Waals surface area contributed by atoms with E-state index in [9.17, 15) is 10.2 Å². The molecular weight excluding hydrogens is 294 g/mol. The number of nitrogens with zero attached hydrogens (tertiary/aromatic N) is 1. The highest BCUT2D eigenvalue weighted by Gasteiger charge is 2.22. The highest BCUT2D eigenvalue weighted by Crippen LogP contribution is 2.21. The molecule has 1 aromatic carbocycles. The maximum atomic E-state index is 10.1. The predicted octanol–water partition coefficient (Wildman–Crippen LogP) is 2.58. The fourth-order valence-electron chi connectivity index (χ4n) is 1.59. The van der Waals surface area contributed by atoms with E-state index >= 15 is 0 Å². The van der Waals surface area contributed by atoms with E-state index in [4.69, 9.17) is 0 Å². The normalized spacial score (nSPS) is 13.9. The molecule has 0 amide bonds. The van der Waals surface area contributed by atoms with E-state index in [0.717, 1.165) is 16.6 Å². The maximum Gasteiger partial charge on any atom is 0.0802 e. The van der Waals surface area contributed by atoms with Gasteiger partial charge in [0.05, 0.1) is 12.7 Å². The molecule has 0 saturated heterocycles. The van der Waals surface area contributed by atoms with Gasteiger partial charge in [0, 0.05) is 16.6 Å². The van der Waals surface area contributed by atoms with Crippen LogP contribution in [0.4, 0.5) is 0 Å². The Morgan fingerprint density at radius 1 is 1.28 bits per heavy atom. The molecule has 0 radical (unpaired) electrons. The van der Waals surface area contributed by atoms with Crippen molar-refractivity contribution < 1.29 is 10.2 Å². The molecule has 1 atom stereocenters. The Balaban J connectivity index is 2.51. The van der Waals surface area contributed by atoms with E-state index < -0.39 is 6.10 Å². The molecule has 0 spiro atoms. The van der Waals surface area contributed by atoms with Gasteiger partial charge in [-0.1, -0.05) is 28.1 Å². The van der Waals surface area contributed by atoms with E-state index in [1.807, 2.05) is 45.2 Å². The molecule has 0 aliphatic heterocycles. The second-order valence-electron chi connectivity index (χ2n) is 5.25. The third-order valence-corrected chi connectivity index (χ3v) is 3.94. The summed E-state index contributed by atoms with van der Waals surface area (Å²) in [5.74, 6) is 0. The summed E-state index contributed by atoms with van der Waals surface area (Å²) < 4.78 is 1.01. The second-order valence-corrected chi connectivity index (χ2v) is 6.16. The van der Waals surface area contributed by atoms with Gasteiger partial charge in [-0.3, -0.25) is 4.90 Å². The van der Waals surface area contributed by atoms with Crippen LogP contribution in [0.5, 0.6) is 0 Å². The van der Waals surface area contributed by atoms with Crippen LogP contribution in [0, 0.1) is 0 Å². The molecule has 0 fully saturated rings.